The van der Waals surface area contributed by atoms with Gasteiger partial charge in [-0.2, -0.15) is 0 Å². The molecule has 3 heterocycles. The van der Waals surface area contributed by atoms with Gasteiger partial charge in [0.2, 0.25) is 15.9 Å². The number of aromatic nitrogens is 3. The average Bonchev–Trinajstić information content (AvgIpc) is 3.38. The zero-order valence-electron chi connectivity index (χ0n) is 22.5. The smallest absolute Gasteiger partial charge is 0.218 e. The zero-order chi connectivity index (χ0) is 28.0. The largest absolute Gasteiger partial charge is 0.372 e. The summed E-state index contributed by atoms with van der Waals surface area (Å²) >= 11 is 0. The van der Waals surface area contributed by atoms with E-state index in [0.717, 1.165) is 22.2 Å². The number of fused-ring (bicyclic) bond motifs is 1. The number of aromatic amines is 1. The number of carbonyl (C=O) groups excluding carboxylic acids is 1. The van der Waals surface area contributed by atoms with Crippen molar-refractivity contribution in [1.29, 1.82) is 0 Å². The summed E-state index contributed by atoms with van der Waals surface area (Å²) in [5.41, 5.74) is 3.24. The highest BCUT2D eigenvalue weighted by atomic mass is 32.2. The van der Waals surface area contributed by atoms with Crippen molar-refractivity contribution in [2.45, 2.75) is 38.2 Å². The molecule has 3 N–H and O–H groups in total. The Hall–Kier alpha value is -3.80. The average molecular weight is 563 g/mol. The molecule has 0 atom stereocenters. The summed E-state index contributed by atoms with van der Waals surface area (Å²) in [6.07, 6.45) is 1.25. The lowest BCUT2D eigenvalue weighted by Crippen LogP contribution is -2.41. The molecule has 2 aromatic carbocycles. The van der Waals surface area contributed by atoms with Gasteiger partial charge in [0.15, 0.2) is 5.82 Å². The third-order valence-corrected chi connectivity index (χ3v) is 8.68. The van der Waals surface area contributed by atoms with Crippen LogP contribution in [0.5, 0.6) is 0 Å². The van der Waals surface area contributed by atoms with Crippen LogP contribution in [0.2, 0.25) is 0 Å². The molecule has 1 saturated heterocycles. The van der Waals surface area contributed by atoms with Crippen molar-refractivity contribution in [3.63, 3.8) is 0 Å². The van der Waals surface area contributed by atoms with Crippen LogP contribution in [0.15, 0.2) is 66.7 Å². The maximum atomic E-state index is 12.9. The minimum atomic E-state index is -3.36. The Labute approximate surface area is 234 Å². The Morgan fingerprint density at radius 2 is 1.73 bits per heavy atom. The monoisotopic (exact) mass is 562 g/mol. The lowest BCUT2D eigenvalue weighted by Gasteiger charge is -2.31. The number of anilines is 1. The molecule has 0 radical (unpaired) electrons. The van der Waals surface area contributed by atoms with Gasteiger partial charge in [0.1, 0.15) is 11.5 Å². The van der Waals surface area contributed by atoms with Gasteiger partial charge in [-0.1, -0.05) is 60.7 Å². The number of rotatable bonds is 11. The first-order valence-electron chi connectivity index (χ1n) is 13.4. The van der Waals surface area contributed by atoms with E-state index in [1.807, 2.05) is 66.7 Å². The van der Waals surface area contributed by atoms with E-state index in [9.17, 15) is 13.2 Å². The number of hydrogen-bond donors (Lipinski definition) is 3. The molecule has 5 rings (SSSR count). The lowest BCUT2D eigenvalue weighted by atomic mass is 10.1. The molecule has 0 saturated carbocycles. The third kappa shape index (κ3) is 7.04. The third-order valence-electron chi connectivity index (χ3n) is 6.83. The fourth-order valence-electron chi connectivity index (χ4n) is 4.77. The van der Waals surface area contributed by atoms with Crippen LogP contribution in [0.25, 0.3) is 22.4 Å². The van der Waals surface area contributed by atoms with Gasteiger partial charge < -0.3 is 20.4 Å². The highest BCUT2D eigenvalue weighted by Crippen LogP contribution is 2.27. The zero-order valence-corrected chi connectivity index (χ0v) is 23.3. The van der Waals surface area contributed by atoms with Gasteiger partial charge in [-0.15, -0.1) is 0 Å². The van der Waals surface area contributed by atoms with Gasteiger partial charge in [0.05, 0.1) is 23.8 Å². The van der Waals surface area contributed by atoms with E-state index in [2.05, 4.69) is 15.6 Å². The van der Waals surface area contributed by atoms with Crippen LogP contribution in [0.3, 0.4) is 0 Å². The molecule has 10 nitrogen and oxygen atoms in total. The summed E-state index contributed by atoms with van der Waals surface area (Å²) in [6.45, 7) is 3.72. The van der Waals surface area contributed by atoms with Crippen molar-refractivity contribution in [2.24, 2.45) is 0 Å². The van der Waals surface area contributed by atoms with Crippen LogP contribution < -0.4 is 10.6 Å². The molecule has 40 heavy (non-hydrogen) atoms. The van der Waals surface area contributed by atoms with Gasteiger partial charge in [0, 0.05) is 44.4 Å². The van der Waals surface area contributed by atoms with Crippen molar-refractivity contribution in [1.82, 2.24) is 24.6 Å². The topological polar surface area (TPSA) is 129 Å². The predicted octanol–water partition coefficient (Wildman–Crippen LogP) is 3.68. The van der Waals surface area contributed by atoms with Gasteiger partial charge in [-0.05, 0) is 24.5 Å². The molecule has 0 unspecified atom stereocenters. The molecule has 2 aromatic heterocycles. The summed E-state index contributed by atoms with van der Waals surface area (Å²) in [7, 11) is -3.36. The van der Waals surface area contributed by atoms with Crippen LogP contribution in [-0.2, 0) is 31.9 Å². The molecule has 1 amide bonds. The van der Waals surface area contributed by atoms with Gasteiger partial charge >= 0.3 is 0 Å². The molecule has 4 aromatic rings. The number of nitrogens with zero attached hydrogens (tertiary/aromatic N) is 3. The number of carbonyl (C=O) groups is 1. The number of hydrogen-bond acceptors (Lipinski definition) is 7. The van der Waals surface area contributed by atoms with Crippen molar-refractivity contribution in [2.75, 3.05) is 31.5 Å². The number of H-pyrrole nitrogens is 1. The van der Waals surface area contributed by atoms with Crippen LogP contribution in [0, 0.1) is 0 Å². The summed E-state index contributed by atoms with van der Waals surface area (Å²) in [5.74, 6) is 1.20. The van der Waals surface area contributed by atoms with Crippen molar-refractivity contribution in [3.05, 3.63) is 78.0 Å². The number of sulfonamides is 1. The van der Waals surface area contributed by atoms with E-state index in [-0.39, 0.29) is 17.8 Å². The second-order valence-corrected chi connectivity index (χ2v) is 11.8. The molecule has 11 heteroatoms. The number of piperidine rings is 1. The van der Waals surface area contributed by atoms with E-state index in [1.165, 1.54) is 6.92 Å². The summed E-state index contributed by atoms with van der Waals surface area (Å²) in [4.78, 5) is 24.1. The van der Waals surface area contributed by atoms with Crippen LogP contribution in [0.4, 0.5) is 5.82 Å². The summed E-state index contributed by atoms with van der Waals surface area (Å²) in [6, 6.07) is 21.0. The minimum Gasteiger partial charge on any atom is -0.372 e. The van der Waals surface area contributed by atoms with E-state index >= 15 is 0 Å². The van der Waals surface area contributed by atoms with Crippen molar-refractivity contribution < 1.29 is 17.9 Å². The van der Waals surface area contributed by atoms with E-state index in [0.29, 0.717) is 62.9 Å². The SMILES string of the molecule is CC(=O)NCCNc1nc(-c2ccccc2)nc2[nH]c(COC3CCN(S(=O)(=O)Cc4ccccc4)CC3)cc12. The van der Waals surface area contributed by atoms with Crippen molar-refractivity contribution >= 4 is 32.8 Å². The summed E-state index contributed by atoms with van der Waals surface area (Å²) in [5, 5.41) is 6.94. The number of ether oxygens (including phenoxy) is 1. The fraction of sp³-hybridized carbons (Fsp3) is 0.345. The molecule has 0 aliphatic carbocycles. The Morgan fingerprint density at radius 3 is 2.42 bits per heavy atom. The number of benzene rings is 2. The Morgan fingerprint density at radius 1 is 1.02 bits per heavy atom. The van der Waals surface area contributed by atoms with Crippen LogP contribution >= 0.6 is 0 Å². The number of amides is 1. The first-order valence-corrected chi connectivity index (χ1v) is 15.0. The first kappa shape index (κ1) is 27.8. The molecule has 0 bridgehead atoms. The molecule has 1 aliphatic rings. The maximum absolute atomic E-state index is 12.9. The van der Waals surface area contributed by atoms with Crippen LogP contribution in [0.1, 0.15) is 31.0 Å². The first-order chi connectivity index (χ1) is 19.4. The molecule has 1 aliphatic heterocycles. The van der Waals surface area contributed by atoms with E-state index in [1.54, 1.807) is 4.31 Å². The van der Waals surface area contributed by atoms with E-state index in [4.69, 9.17) is 14.7 Å². The fourth-order valence-corrected chi connectivity index (χ4v) is 6.34. The Kier molecular flexibility index (Phi) is 8.73. The van der Waals surface area contributed by atoms with E-state index < -0.39 is 10.0 Å². The summed E-state index contributed by atoms with van der Waals surface area (Å²) < 4.78 is 33.5. The number of nitrogens with one attached hydrogen (secondary N) is 3. The Balaban J connectivity index is 1.23. The molecule has 210 valence electrons. The minimum absolute atomic E-state index is 0.0155. The lowest BCUT2D eigenvalue weighted by molar-refractivity contribution is -0.118. The normalized spacial score (nSPS) is 14.8. The van der Waals surface area contributed by atoms with Gasteiger partial charge in [-0.25, -0.2) is 22.7 Å². The molecular formula is C29H34N6O4S. The Bertz CT molecular complexity index is 1540. The maximum Gasteiger partial charge on any atom is 0.218 e. The van der Waals surface area contributed by atoms with Gasteiger partial charge in [0.25, 0.3) is 0 Å². The quantitative estimate of drug-likeness (QED) is 0.238. The highest BCUT2D eigenvalue weighted by molar-refractivity contribution is 7.88. The van der Waals surface area contributed by atoms with Gasteiger partial charge in [-0.3, -0.25) is 4.79 Å². The molecule has 0 spiro atoms. The van der Waals surface area contributed by atoms with Crippen LogP contribution in [-0.4, -0.2) is 65.9 Å². The highest BCUT2D eigenvalue weighted by Gasteiger charge is 2.28. The second kappa shape index (κ2) is 12.6. The molecule has 1 fully saturated rings. The standard InChI is InChI=1S/C29H34N6O4S/c1-21(36)30-14-15-31-28-26-18-24(32-29(26)34-27(33-28)23-10-6-3-7-11-23)19-39-25-12-16-35(17-13-25)40(37,38)20-22-8-4-2-5-9-22/h2-11,18,25H,12-17,19-20H2,1H3,(H,30,36)(H2,31,32,33,34). The second-order valence-electron chi connectivity index (χ2n) is 9.88. The van der Waals surface area contributed by atoms with Crippen molar-refractivity contribution in [3.8, 4) is 11.4 Å². The predicted molar refractivity (Wildman–Crippen MR) is 155 cm³/mol. The molecular weight excluding hydrogens is 528 g/mol.